The second-order valence-electron chi connectivity index (χ2n) is 5.60. The summed E-state index contributed by atoms with van der Waals surface area (Å²) < 4.78 is 26.9. The standard InChI is InChI=1S/C17H28N2O3S/c1-3-5-7-8-12-18-17(20)15-10-9-11-16(14-15)23(21,22)19-13-6-4-2/h9-11,14,19H,3-8,12-13H2,1-2H3,(H,18,20). The largest absolute Gasteiger partial charge is 0.352 e. The molecule has 0 saturated carbocycles. The van der Waals surface area contributed by atoms with Crippen LogP contribution in [0.2, 0.25) is 0 Å². The van der Waals surface area contributed by atoms with E-state index in [9.17, 15) is 13.2 Å². The molecule has 23 heavy (non-hydrogen) atoms. The van der Waals surface area contributed by atoms with Crippen molar-refractivity contribution in [2.24, 2.45) is 0 Å². The number of hydrogen-bond donors (Lipinski definition) is 2. The van der Waals surface area contributed by atoms with Crippen molar-refractivity contribution in [3.8, 4) is 0 Å². The van der Waals surface area contributed by atoms with Crippen molar-refractivity contribution in [2.75, 3.05) is 13.1 Å². The highest BCUT2D eigenvalue weighted by molar-refractivity contribution is 7.89. The van der Waals surface area contributed by atoms with Crippen LogP contribution in [0.4, 0.5) is 0 Å². The molecule has 1 aromatic rings. The van der Waals surface area contributed by atoms with Gasteiger partial charge in [0.15, 0.2) is 0 Å². The van der Waals surface area contributed by atoms with Crippen LogP contribution in [0, 0.1) is 0 Å². The van der Waals surface area contributed by atoms with Crippen LogP contribution in [0.1, 0.15) is 62.7 Å². The Bertz CT molecular complexity index is 585. The van der Waals surface area contributed by atoms with Gasteiger partial charge in [0.25, 0.3) is 5.91 Å². The molecule has 0 aliphatic rings. The quantitative estimate of drug-likeness (QED) is 0.608. The lowest BCUT2D eigenvalue weighted by atomic mass is 10.2. The average molecular weight is 340 g/mol. The van der Waals surface area contributed by atoms with Crippen molar-refractivity contribution < 1.29 is 13.2 Å². The zero-order valence-electron chi connectivity index (χ0n) is 14.1. The number of rotatable bonds is 11. The molecule has 0 atom stereocenters. The van der Waals surface area contributed by atoms with Crippen LogP contribution in [0.15, 0.2) is 29.2 Å². The highest BCUT2D eigenvalue weighted by atomic mass is 32.2. The number of nitrogens with one attached hydrogen (secondary N) is 2. The molecule has 0 heterocycles. The molecule has 1 amide bonds. The Morgan fingerprint density at radius 3 is 2.43 bits per heavy atom. The van der Waals surface area contributed by atoms with Crippen molar-refractivity contribution in [3.63, 3.8) is 0 Å². The molecule has 130 valence electrons. The van der Waals surface area contributed by atoms with Gasteiger partial charge < -0.3 is 5.32 Å². The monoisotopic (exact) mass is 340 g/mol. The minimum atomic E-state index is -3.55. The third-order valence-corrected chi connectivity index (χ3v) is 5.00. The van der Waals surface area contributed by atoms with E-state index >= 15 is 0 Å². The Morgan fingerprint density at radius 1 is 1.00 bits per heavy atom. The number of benzene rings is 1. The maximum Gasteiger partial charge on any atom is 0.251 e. The Balaban J connectivity index is 2.63. The first kappa shape index (κ1) is 19.6. The summed E-state index contributed by atoms with van der Waals surface area (Å²) in [5.74, 6) is -0.230. The van der Waals surface area contributed by atoms with E-state index in [1.165, 1.54) is 12.1 Å². The first-order valence-corrected chi connectivity index (χ1v) is 9.87. The normalized spacial score (nSPS) is 11.4. The van der Waals surface area contributed by atoms with Gasteiger partial charge in [-0.2, -0.15) is 0 Å². The van der Waals surface area contributed by atoms with Gasteiger partial charge in [0.05, 0.1) is 4.90 Å². The second-order valence-corrected chi connectivity index (χ2v) is 7.36. The van der Waals surface area contributed by atoms with Crippen molar-refractivity contribution in [1.29, 1.82) is 0 Å². The smallest absolute Gasteiger partial charge is 0.251 e. The van der Waals surface area contributed by atoms with Crippen molar-refractivity contribution in [3.05, 3.63) is 29.8 Å². The molecule has 2 N–H and O–H groups in total. The summed E-state index contributed by atoms with van der Waals surface area (Å²) in [6.07, 6.45) is 6.05. The minimum Gasteiger partial charge on any atom is -0.352 e. The van der Waals surface area contributed by atoms with Crippen LogP contribution in [0.5, 0.6) is 0 Å². The van der Waals surface area contributed by atoms with Crippen LogP contribution in [0.3, 0.4) is 0 Å². The summed E-state index contributed by atoms with van der Waals surface area (Å²) in [5.41, 5.74) is 0.374. The molecular formula is C17H28N2O3S. The third-order valence-electron chi connectivity index (χ3n) is 3.54. The number of unbranched alkanes of at least 4 members (excludes halogenated alkanes) is 4. The maximum atomic E-state index is 12.2. The molecule has 0 aromatic heterocycles. The zero-order valence-corrected chi connectivity index (χ0v) is 14.9. The molecule has 0 unspecified atom stereocenters. The van der Waals surface area contributed by atoms with E-state index in [4.69, 9.17) is 0 Å². The molecule has 0 aliphatic carbocycles. The van der Waals surface area contributed by atoms with Gasteiger partial charge in [0, 0.05) is 18.7 Å². The molecule has 0 aliphatic heterocycles. The molecule has 0 saturated heterocycles. The van der Waals surface area contributed by atoms with Gasteiger partial charge in [-0.3, -0.25) is 4.79 Å². The molecule has 5 nitrogen and oxygen atoms in total. The van der Waals surface area contributed by atoms with Gasteiger partial charge in [-0.25, -0.2) is 13.1 Å². The average Bonchev–Trinajstić information content (AvgIpc) is 2.55. The van der Waals surface area contributed by atoms with Crippen molar-refractivity contribution in [2.45, 2.75) is 57.3 Å². The predicted octanol–water partition coefficient (Wildman–Crippen LogP) is 3.08. The van der Waals surface area contributed by atoms with Gasteiger partial charge in [-0.1, -0.05) is 45.6 Å². The molecule has 0 spiro atoms. The molecule has 1 aromatic carbocycles. The van der Waals surface area contributed by atoms with E-state index in [1.807, 2.05) is 6.92 Å². The number of carbonyl (C=O) groups is 1. The first-order chi connectivity index (χ1) is 11.0. The van der Waals surface area contributed by atoms with Crippen molar-refractivity contribution in [1.82, 2.24) is 10.0 Å². The van der Waals surface area contributed by atoms with Crippen LogP contribution in [-0.2, 0) is 10.0 Å². The fourth-order valence-corrected chi connectivity index (χ4v) is 3.25. The topological polar surface area (TPSA) is 75.3 Å². The summed E-state index contributed by atoms with van der Waals surface area (Å²) in [6, 6.07) is 6.16. The molecular weight excluding hydrogens is 312 g/mol. The third kappa shape index (κ3) is 7.14. The Morgan fingerprint density at radius 2 is 1.74 bits per heavy atom. The van der Waals surface area contributed by atoms with Crippen LogP contribution < -0.4 is 10.0 Å². The Labute approximate surface area is 139 Å². The van der Waals surface area contributed by atoms with Gasteiger partial charge in [0.1, 0.15) is 0 Å². The lowest BCUT2D eigenvalue weighted by molar-refractivity contribution is 0.0952. The number of sulfonamides is 1. The van der Waals surface area contributed by atoms with Crippen LogP contribution in [0.25, 0.3) is 0 Å². The van der Waals surface area contributed by atoms with Crippen LogP contribution >= 0.6 is 0 Å². The van der Waals surface area contributed by atoms with E-state index in [2.05, 4.69) is 17.0 Å². The maximum absolute atomic E-state index is 12.2. The Kier molecular flexibility index (Phi) is 8.87. The summed E-state index contributed by atoms with van der Waals surface area (Å²) in [6.45, 7) is 5.16. The van der Waals surface area contributed by atoms with E-state index in [1.54, 1.807) is 12.1 Å². The molecule has 0 radical (unpaired) electrons. The van der Waals surface area contributed by atoms with Gasteiger partial charge in [0.2, 0.25) is 10.0 Å². The highest BCUT2D eigenvalue weighted by Crippen LogP contribution is 2.12. The van der Waals surface area contributed by atoms with Gasteiger partial charge in [-0.05, 0) is 31.0 Å². The highest BCUT2D eigenvalue weighted by Gasteiger charge is 2.15. The van der Waals surface area contributed by atoms with E-state index < -0.39 is 10.0 Å². The summed E-state index contributed by atoms with van der Waals surface area (Å²) >= 11 is 0. The summed E-state index contributed by atoms with van der Waals surface area (Å²) in [7, 11) is -3.55. The second kappa shape index (κ2) is 10.4. The fraction of sp³-hybridized carbons (Fsp3) is 0.588. The zero-order chi connectivity index (χ0) is 17.1. The molecule has 6 heteroatoms. The Hall–Kier alpha value is -1.40. The predicted molar refractivity (Wildman–Crippen MR) is 93.0 cm³/mol. The first-order valence-electron chi connectivity index (χ1n) is 8.39. The van der Waals surface area contributed by atoms with Gasteiger partial charge >= 0.3 is 0 Å². The summed E-state index contributed by atoms with van der Waals surface area (Å²) in [5, 5.41) is 2.83. The number of hydrogen-bond acceptors (Lipinski definition) is 3. The van der Waals surface area contributed by atoms with Gasteiger partial charge in [-0.15, -0.1) is 0 Å². The van der Waals surface area contributed by atoms with Crippen LogP contribution in [-0.4, -0.2) is 27.4 Å². The fourth-order valence-electron chi connectivity index (χ4n) is 2.13. The lowest BCUT2D eigenvalue weighted by Crippen LogP contribution is -2.26. The molecule has 0 bridgehead atoms. The molecule has 0 fully saturated rings. The number of amides is 1. The molecule has 1 rings (SSSR count). The SMILES string of the molecule is CCCCCCNC(=O)c1cccc(S(=O)(=O)NCCCC)c1. The lowest BCUT2D eigenvalue weighted by Gasteiger charge is -2.09. The minimum absolute atomic E-state index is 0.132. The van der Waals surface area contributed by atoms with Crippen molar-refractivity contribution >= 4 is 15.9 Å². The number of carbonyl (C=O) groups excluding carboxylic acids is 1. The van der Waals surface area contributed by atoms with E-state index in [0.29, 0.717) is 18.7 Å². The van der Waals surface area contributed by atoms with E-state index in [-0.39, 0.29) is 10.8 Å². The van der Waals surface area contributed by atoms with E-state index in [0.717, 1.165) is 38.5 Å². The summed E-state index contributed by atoms with van der Waals surface area (Å²) in [4.78, 5) is 12.2.